The highest BCUT2D eigenvalue weighted by molar-refractivity contribution is 5.90. The third-order valence-electron chi connectivity index (χ3n) is 3.90. The van der Waals surface area contributed by atoms with Gasteiger partial charge in [0.05, 0.1) is 6.61 Å². The predicted molar refractivity (Wildman–Crippen MR) is 85.3 cm³/mol. The van der Waals surface area contributed by atoms with E-state index in [0.717, 1.165) is 42.3 Å². The summed E-state index contributed by atoms with van der Waals surface area (Å²) in [6.45, 7) is 1.41. The summed E-state index contributed by atoms with van der Waals surface area (Å²) in [6, 6.07) is 5.67. The Labute approximate surface area is 130 Å². The third-order valence-corrected chi connectivity index (χ3v) is 3.90. The van der Waals surface area contributed by atoms with Gasteiger partial charge in [-0.15, -0.1) is 0 Å². The molecule has 118 valence electrons. The molecule has 1 heterocycles. The zero-order chi connectivity index (χ0) is 15.5. The maximum absolute atomic E-state index is 11.8. The Bertz CT molecular complexity index is 659. The van der Waals surface area contributed by atoms with Crippen LogP contribution in [0.5, 0.6) is 5.75 Å². The number of hydrogen-bond acceptors (Lipinski definition) is 4. The molecular formula is C17H22N2O3. The molecule has 0 saturated heterocycles. The van der Waals surface area contributed by atoms with Gasteiger partial charge in [0, 0.05) is 23.6 Å². The predicted octanol–water partition coefficient (Wildman–Crippen LogP) is 3.20. The molecule has 0 radical (unpaired) electrons. The minimum atomic E-state index is -0.612. The van der Waals surface area contributed by atoms with Crippen molar-refractivity contribution in [1.82, 2.24) is 9.88 Å². The molecule has 0 amide bonds. The Balaban J connectivity index is 1.75. The van der Waals surface area contributed by atoms with E-state index in [4.69, 9.17) is 9.47 Å². The Kier molecular flexibility index (Phi) is 4.34. The number of H-pyrrole nitrogens is 1. The first kappa shape index (κ1) is 14.9. The average molecular weight is 302 g/mol. The van der Waals surface area contributed by atoms with Crippen molar-refractivity contribution in [3.63, 3.8) is 0 Å². The van der Waals surface area contributed by atoms with Gasteiger partial charge in [0.15, 0.2) is 0 Å². The van der Waals surface area contributed by atoms with E-state index in [1.165, 1.54) is 0 Å². The zero-order valence-electron chi connectivity index (χ0n) is 13.1. The molecule has 1 saturated carbocycles. The Hall–Kier alpha value is -2.01. The second-order valence-electron chi connectivity index (χ2n) is 6.15. The van der Waals surface area contributed by atoms with Crippen LogP contribution in [0.1, 0.15) is 18.4 Å². The molecular weight excluding hydrogens is 280 g/mol. The number of aromatic amines is 1. The van der Waals surface area contributed by atoms with Gasteiger partial charge in [-0.05, 0) is 57.0 Å². The van der Waals surface area contributed by atoms with E-state index in [1.54, 1.807) is 0 Å². The highest BCUT2D eigenvalue weighted by atomic mass is 16.7. The van der Waals surface area contributed by atoms with Gasteiger partial charge in [-0.2, -0.15) is 0 Å². The Morgan fingerprint density at radius 2 is 2.18 bits per heavy atom. The second kappa shape index (κ2) is 6.40. The van der Waals surface area contributed by atoms with Crippen LogP contribution in [0.15, 0.2) is 24.4 Å². The SMILES string of the molecule is CN(C)CCc1c[nH]c2cccc(OC(=O)OCC3CC3)c12. The number of fused-ring (bicyclic) bond motifs is 1. The second-order valence-corrected chi connectivity index (χ2v) is 6.15. The van der Waals surface area contributed by atoms with Crippen LogP contribution in [-0.4, -0.2) is 43.3 Å². The maximum atomic E-state index is 11.8. The summed E-state index contributed by atoms with van der Waals surface area (Å²) in [5.41, 5.74) is 2.12. The zero-order valence-corrected chi connectivity index (χ0v) is 13.1. The fourth-order valence-corrected chi connectivity index (χ4v) is 2.44. The largest absolute Gasteiger partial charge is 0.513 e. The number of ether oxygens (including phenoxy) is 2. The molecule has 0 atom stereocenters. The van der Waals surface area contributed by atoms with Crippen LogP contribution in [0, 0.1) is 5.92 Å². The van der Waals surface area contributed by atoms with E-state index in [-0.39, 0.29) is 0 Å². The first-order valence-electron chi connectivity index (χ1n) is 7.72. The smallest absolute Gasteiger partial charge is 0.434 e. The molecule has 1 aliphatic rings. The van der Waals surface area contributed by atoms with E-state index >= 15 is 0 Å². The topological polar surface area (TPSA) is 54.6 Å². The molecule has 0 unspecified atom stereocenters. The fraction of sp³-hybridized carbons (Fsp3) is 0.471. The van der Waals surface area contributed by atoms with Crippen molar-refractivity contribution in [2.75, 3.05) is 27.2 Å². The highest BCUT2D eigenvalue weighted by Crippen LogP contribution is 2.31. The lowest BCUT2D eigenvalue weighted by Gasteiger charge is -2.10. The van der Waals surface area contributed by atoms with E-state index in [1.807, 2.05) is 38.5 Å². The first-order chi connectivity index (χ1) is 10.6. The lowest BCUT2D eigenvalue weighted by Crippen LogP contribution is -2.15. The van der Waals surface area contributed by atoms with Crippen molar-refractivity contribution < 1.29 is 14.3 Å². The lowest BCUT2D eigenvalue weighted by atomic mass is 10.1. The number of likely N-dealkylation sites (N-methyl/N-ethyl adjacent to an activating group) is 1. The van der Waals surface area contributed by atoms with E-state index < -0.39 is 6.16 Å². The summed E-state index contributed by atoms with van der Waals surface area (Å²) in [5.74, 6) is 1.10. The van der Waals surface area contributed by atoms with Crippen molar-refractivity contribution >= 4 is 17.1 Å². The highest BCUT2D eigenvalue weighted by Gasteiger charge is 2.24. The number of carbonyl (C=O) groups is 1. The standard InChI is InChI=1S/C17H22N2O3/c1-19(2)9-8-13-10-18-14-4-3-5-15(16(13)14)22-17(20)21-11-12-6-7-12/h3-5,10,12,18H,6-9,11H2,1-2H3. The van der Waals surface area contributed by atoms with Crippen molar-refractivity contribution in [3.05, 3.63) is 30.0 Å². The summed E-state index contributed by atoms with van der Waals surface area (Å²) in [7, 11) is 4.09. The summed E-state index contributed by atoms with van der Waals surface area (Å²) in [6.07, 6.45) is 4.56. The molecule has 0 spiro atoms. The summed E-state index contributed by atoms with van der Waals surface area (Å²) >= 11 is 0. The van der Waals surface area contributed by atoms with Crippen LogP contribution in [0.3, 0.4) is 0 Å². The van der Waals surface area contributed by atoms with Gasteiger partial charge in [-0.25, -0.2) is 4.79 Å². The number of aromatic nitrogens is 1. The lowest BCUT2D eigenvalue weighted by molar-refractivity contribution is 0.0953. The summed E-state index contributed by atoms with van der Waals surface area (Å²) < 4.78 is 10.6. The van der Waals surface area contributed by atoms with Crippen LogP contribution in [0.25, 0.3) is 10.9 Å². The van der Waals surface area contributed by atoms with Crippen LogP contribution in [0.2, 0.25) is 0 Å². The van der Waals surface area contributed by atoms with Gasteiger partial charge in [0.25, 0.3) is 0 Å². The summed E-state index contributed by atoms with van der Waals surface area (Å²) in [5, 5.41) is 0.965. The van der Waals surface area contributed by atoms with Gasteiger partial charge < -0.3 is 19.4 Å². The minimum Gasteiger partial charge on any atom is -0.434 e. The fourth-order valence-electron chi connectivity index (χ4n) is 2.44. The molecule has 1 aliphatic carbocycles. The first-order valence-corrected chi connectivity index (χ1v) is 7.72. The number of nitrogens with one attached hydrogen (secondary N) is 1. The average Bonchev–Trinajstić information content (AvgIpc) is 3.22. The van der Waals surface area contributed by atoms with Gasteiger partial charge in [-0.3, -0.25) is 0 Å². The van der Waals surface area contributed by atoms with Crippen molar-refractivity contribution in [3.8, 4) is 5.75 Å². The molecule has 0 aliphatic heterocycles. The maximum Gasteiger partial charge on any atom is 0.513 e. The molecule has 22 heavy (non-hydrogen) atoms. The van der Waals surface area contributed by atoms with Crippen LogP contribution in [-0.2, 0) is 11.2 Å². The third kappa shape index (κ3) is 3.60. The number of nitrogens with zero attached hydrogens (tertiary/aromatic N) is 1. The van der Waals surface area contributed by atoms with Gasteiger partial charge >= 0.3 is 6.16 Å². The van der Waals surface area contributed by atoms with Crippen LogP contribution >= 0.6 is 0 Å². The molecule has 1 fully saturated rings. The molecule has 3 rings (SSSR count). The van der Waals surface area contributed by atoms with E-state index in [2.05, 4.69) is 9.88 Å². The number of benzene rings is 1. The number of rotatable bonds is 6. The van der Waals surface area contributed by atoms with Crippen molar-refractivity contribution in [2.45, 2.75) is 19.3 Å². The van der Waals surface area contributed by atoms with Gasteiger partial charge in [0.2, 0.25) is 0 Å². The van der Waals surface area contributed by atoms with Crippen LogP contribution < -0.4 is 4.74 Å². The minimum absolute atomic E-state index is 0.468. The molecule has 1 N–H and O–H groups in total. The van der Waals surface area contributed by atoms with E-state index in [0.29, 0.717) is 18.3 Å². The number of carbonyl (C=O) groups excluding carboxylic acids is 1. The molecule has 0 bridgehead atoms. The molecule has 1 aromatic carbocycles. The molecule has 5 nitrogen and oxygen atoms in total. The van der Waals surface area contributed by atoms with E-state index in [9.17, 15) is 4.79 Å². The van der Waals surface area contributed by atoms with Gasteiger partial charge in [-0.1, -0.05) is 6.07 Å². The summed E-state index contributed by atoms with van der Waals surface area (Å²) in [4.78, 5) is 17.2. The van der Waals surface area contributed by atoms with Crippen LogP contribution in [0.4, 0.5) is 4.79 Å². The van der Waals surface area contributed by atoms with Gasteiger partial charge in [0.1, 0.15) is 5.75 Å². The van der Waals surface area contributed by atoms with Crippen molar-refractivity contribution in [1.29, 1.82) is 0 Å². The Morgan fingerprint density at radius 1 is 1.36 bits per heavy atom. The Morgan fingerprint density at radius 3 is 2.91 bits per heavy atom. The normalized spacial score (nSPS) is 14.5. The molecule has 5 heteroatoms. The molecule has 1 aromatic heterocycles. The quantitative estimate of drug-likeness (QED) is 0.657. The molecule has 2 aromatic rings. The van der Waals surface area contributed by atoms with Crippen molar-refractivity contribution in [2.24, 2.45) is 5.92 Å². The monoisotopic (exact) mass is 302 g/mol. The number of hydrogen-bond donors (Lipinski definition) is 1.